The van der Waals surface area contributed by atoms with Crippen molar-refractivity contribution >= 4 is 5.69 Å². The van der Waals surface area contributed by atoms with Gasteiger partial charge in [-0.1, -0.05) is 96.4 Å². The lowest BCUT2D eigenvalue weighted by Gasteiger charge is -2.48. The molecular formula is C34H37NO. The van der Waals surface area contributed by atoms with Crippen molar-refractivity contribution in [3.8, 4) is 5.75 Å². The minimum atomic E-state index is 0.0133. The first-order valence-electron chi connectivity index (χ1n) is 13.0. The van der Waals surface area contributed by atoms with Crippen LogP contribution in [0.2, 0.25) is 0 Å². The molecule has 0 aliphatic carbocycles. The number of rotatable bonds is 6. The zero-order chi connectivity index (χ0) is 25.3. The molecule has 0 bridgehead atoms. The Morgan fingerprint density at radius 1 is 0.778 bits per heavy atom. The standard InChI is InChI=1S/C34H37NO/c1-24-11-16-32-31(20-24)34(4,21-28-18-25(2)17-26(3)19-28)22-33(29-12-14-30(36-5)15-13-29)35(32)23-27-9-7-6-8-10-27/h6-20,33H,21-23H2,1-5H3/t33-,34+/m0/s1. The molecule has 0 aromatic heterocycles. The van der Waals surface area contributed by atoms with Gasteiger partial charge in [0.25, 0.3) is 0 Å². The summed E-state index contributed by atoms with van der Waals surface area (Å²) in [6.07, 6.45) is 2.08. The van der Waals surface area contributed by atoms with Gasteiger partial charge in [-0.3, -0.25) is 0 Å². The van der Waals surface area contributed by atoms with E-state index in [1.807, 2.05) is 0 Å². The maximum Gasteiger partial charge on any atom is 0.118 e. The highest BCUT2D eigenvalue weighted by molar-refractivity contribution is 5.63. The number of benzene rings is 4. The predicted molar refractivity (Wildman–Crippen MR) is 151 cm³/mol. The molecule has 0 amide bonds. The van der Waals surface area contributed by atoms with Gasteiger partial charge in [0.15, 0.2) is 0 Å². The van der Waals surface area contributed by atoms with E-state index >= 15 is 0 Å². The number of fused-ring (bicyclic) bond motifs is 1. The summed E-state index contributed by atoms with van der Waals surface area (Å²) in [5, 5.41) is 0. The minimum absolute atomic E-state index is 0.0133. The van der Waals surface area contributed by atoms with Crippen molar-refractivity contribution in [1.82, 2.24) is 0 Å². The molecule has 2 heteroatoms. The van der Waals surface area contributed by atoms with Gasteiger partial charge in [-0.25, -0.2) is 0 Å². The summed E-state index contributed by atoms with van der Waals surface area (Å²) in [6.45, 7) is 9.99. The van der Waals surface area contributed by atoms with Crippen molar-refractivity contribution in [2.24, 2.45) is 0 Å². The molecule has 2 nitrogen and oxygen atoms in total. The van der Waals surface area contributed by atoms with Gasteiger partial charge in [0.1, 0.15) is 5.75 Å². The van der Waals surface area contributed by atoms with Gasteiger partial charge < -0.3 is 9.64 Å². The molecule has 0 spiro atoms. The highest BCUT2D eigenvalue weighted by Crippen LogP contribution is 2.50. The Morgan fingerprint density at radius 2 is 1.47 bits per heavy atom. The average molecular weight is 476 g/mol. The highest BCUT2D eigenvalue weighted by atomic mass is 16.5. The van der Waals surface area contributed by atoms with E-state index in [0.717, 1.165) is 25.1 Å². The van der Waals surface area contributed by atoms with Crippen LogP contribution in [0.5, 0.6) is 5.75 Å². The van der Waals surface area contributed by atoms with Gasteiger partial charge in [-0.15, -0.1) is 0 Å². The topological polar surface area (TPSA) is 12.5 Å². The second-order valence-electron chi connectivity index (χ2n) is 10.9. The Hall–Kier alpha value is -3.52. The fourth-order valence-electron chi connectivity index (χ4n) is 6.09. The monoisotopic (exact) mass is 475 g/mol. The van der Waals surface area contributed by atoms with Crippen LogP contribution in [0, 0.1) is 20.8 Å². The molecule has 0 unspecified atom stereocenters. The summed E-state index contributed by atoms with van der Waals surface area (Å²) >= 11 is 0. The number of hydrogen-bond donors (Lipinski definition) is 0. The third-order valence-electron chi connectivity index (χ3n) is 7.70. The molecule has 0 saturated heterocycles. The quantitative estimate of drug-likeness (QED) is 0.278. The number of methoxy groups -OCH3 is 1. The van der Waals surface area contributed by atoms with E-state index in [2.05, 4.69) is 124 Å². The van der Waals surface area contributed by atoms with E-state index in [0.29, 0.717) is 0 Å². The Morgan fingerprint density at radius 3 is 2.14 bits per heavy atom. The summed E-state index contributed by atoms with van der Waals surface area (Å²) in [5.74, 6) is 0.901. The molecule has 1 heterocycles. The van der Waals surface area contributed by atoms with Gasteiger partial charge in [0, 0.05) is 17.6 Å². The number of anilines is 1. The van der Waals surface area contributed by atoms with Gasteiger partial charge in [-0.05, 0) is 74.1 Å². The molecule has 4 aromatic rings. The van der Waals surface area contributed by atoms with Crippen LogP contribution >= 0.6 is 0 Å². The number of aryl methyl sites for hydroxylation is 3. The van der Waals surface area contributed by atoms with Crippen molar-refractivity contribution in [2.45, 2.75) is 58.5 Å². The summed E-state index contributed by atoms with van der Waals surface area (Å²) in [4.78, 5) is 2.62. The van der Waals surface area contributed by atoms with Crippen LogP contribution in [0.4, 0.5) is 5.69 Å². The fraction of sp³-hybridized carbons (Fsp3) is 0.294. The first-order valence-corrected chi connectivity index (χ1v) is 13.0. The minimum Gasteiger partial charge on any atom is -0.497 e. The second-order valence-corrected chi connectivity index (χ2v) is 10.9. The highest BCUT2D eigenvalue weighted by Gasteiger charge is 2.41. The van der Waals surface area contributed by atoms with E-state index in [9.17, 15) is 0 Å². The lowest BCUT2D eigenvalue weighted by atomic mass is 9.68. The molecule has 2 atom stereocenters. The molecule has 1 aliphatic rings. The molecule has 0 radical (unpaired) electrons. The summed E-state index contributed by atoms with van der Waals surface area (Å²) in [6, 6.07) is 33.9. The molecule has 0 fully saturated rings. The van der Waals surface area contributed by atoms with Crippen molar-refractivity contribution in [3.05, 3.63) is 130 Å². The SMILES string of the molecule is COc1ccc([C@@H]2C[C@@](C)(Cc3cc(C)cc(C)c3)c3cc(C)ccc3N2Cc2ccccc2)cc1. The van der Waals surface area contributed by atoms with Crippen molar-refractivity contribution in [3.63, 3.8) is 0 Å². The van der Waals surface area contributed by atoms with Gasteiger partial charge >= 0.3 is 0 Å². The van der Waals surface area contributed by atoms with Crippen molar-refractivity contribution in [1.29, 1.82) is 0 Å². The van der Waals surface area contributed by atoms with E-state index < -0.39 is 0 Å². The van der Waals surface area contributed by atoms with Crippen LogP contribution in [-0.2, 0) is 18.4 Å². The van der Waals surface area contributed by atoms with Gasteiger partial charge in [0.05, 0.1) is 13.2 Å². The normalized spacial score (nSPS) is 19.1. The van der Waals surface area contributed by atoms with Crippen LogP contribution < -0.4 is 9.64 Å². The molecular weight excluding hydrogens is 438 g/mol. The molecule has 1 aliphatic heterocycles. The maximum absolute atomic E-state index is 5.48. The van der Waals surface area contributed by atoms with Crippen LogP contribution in [0.1, 0.15) is 58.3 Å². The second kappa shape index (κ2) is 9.85. The number of nitrogens with zero attached hydrogens (tertiary/aromatic N) is 1. The first-order chi connectivity index (χ1) is 17.3. The predicted octanol–water partition coefficient (Wildman–Crippen LogP) is 8.27. The Labute approximate surface area is 216 Å². The summed E-state index contributed by atoms with van der Waals surface area (Å²) < 4.78 is 5.48. The van der Waals surface area contributed by atoms with E-state index in [4.69, 9.17) is 4.74 Å². The summed E-state index contributed by atoms with van der Waals surface area (Å²) in [5.41, 5.74) is 10.9. The van der Waals surface area contributed by atoms with Gasteiger partial charge in [0.2, 0.25) is 0 Å². The zero-order valence-electron chi connectivity index (χ0n) is 22.2. The maximum atomic E-state index is 5.48. The van der Waals surface area contributed by atoms with Crippen LogP contribution in [0.3, 0.4) is 0 Å². The lowest BCUT2D eigenvalue weighted by molar-refractivity contribution is 0.353. The van der Waals surface area contributed by atoms with Crippen molar-refractivity contribution in [2.75, 3.05) is 12.0 Å². The molecule has 36 heavy (non-hydrogen) atoms. The average Bonchev–Trinajstić information content (AvgIpc) is 2.86. The molecule has 0 N–H and O–H groups in total. The Bertz CT molecular complexity index is 1320. The molecule has 184 valence electrons. The van der Waals surface area contributed by atoms with E-state index in [1.165, 1.54) is 44.6 Å². The fourth-order valence-corrected chi connectivity index (χ4v) is 6.09. The number of ether oxygens (including phenoxy) is 1. The van der Waals surface area contributed by atoms with Crippen LogP contribution in [0.25, 0.3) is 0 Å². The lowest BCUT2D eigenvalue weighted by Crippen LogP contribution is -2.42. The number of hydrogen-bond acceptors (Lipinski definition) is 2. The molecule has 5 rings (SSSR count). The Balaban J connectivity index is 1.64. The Kier molecular flexibility index (Phi) is 6.62. The smallest absolute Gasteiger partial charge is 0.118 e. The van der Waals surface area contributed by atoms with E-state index in [1.54, 1.807) is 7.11 Å². The third-order valence-corrected chi connectivity index (χ3v) is 7.70. The first kappa shape index (κ1) is 24.2. The third kappa shape index (κ3) is 4.91. The molecule has 4 aromatic carbocycles. The van der Waals surface area contributed by atoms with Gasteiger partial charge in [-0.2, -0.15) is 0 Å². The van der Waals surface area contributed by atoms with Crippen LogP contribution in [0.15, 0.2) is 91.0 Å². The largest absolute Gasteiger partial charge is 0.497 e. The van der Waals surface area contributed by atoms with Crippen molar-refractivity contribution < 1.29 is 4.74 Å². The molecule has 0 saturated carbocycles. The van der Waals surface area contributed by atoms with E-state index in [-0.39, 0.29) is 11.5 Å². The zero-order valence-corrected chi connectivity index (χ0v) is 22.2. The summed E-state index contributed by atoms with van der Waals surface area (Å²) in [7, 11) is 1.73. The van der Waals surface area contributed by atoms with Crippen LogP contribution in [-0.4, -0.2) is 7.11 Å².